The van der Waals surface area contributed by atoms with Gasteiger partial charge in [0, 0.05) is 25.2 Å². The van der Waals surface area contributed by atoms with Crippen molar-refractivity contribution in [2.45, 2.75) is 19.4 Å². The van der Waals surface area contributed by atoms with Crippen molar-refractivity contribution in [3.8, 4) is 0 Å². The standard InChI is InChI=1S/C9H13N5S/c1-6-3-7(14(2)12-6)4-8(10)9-5-11-13-15-9/h3,5,8H,4,10H2,1-2H3. The molecule has 2 aromatic rings. The first kappa shape index (κ1) is 10.3. The second kappa shape index (κ2) is 4.08. The highest BCUT2D eigenvalue weighted by Crippen LogP contribution is 2.17. The highest BCUT2D eigenvalue weighted by atomic mass is 32.1. The molecule has 0 bridgehead atoms. The molecule has 0 amide bonds. The molecule has 15 heavy (non-hydrogen) atoms. The number of aromatic nitrogens is 4. The second-order valence-electron chi connectivity index (χ2n) is 3.53. The van der Waals surface area contributed by atoms with E-state index < -0.39 is 0 Å². The summed E-state index contributed by atoms with van der Waals surface area (Å²) in [5, 5.41) is 8.06. The minimum absolute atomic E-state index is 0.0419. The van der Waals surface area contributed by atoms with Gasteiger partial charge in [-0.1, -0.05) is 4.49 Å². The fourth-order valence-corrected chi connectivity index (χ4v) is 2.02. The number of hydrogen-bond donors (Lipinski definition) is 1. The van der Waals surface area contributed by atoms with Gasteiger partial charge in [-0.15, -0.1) is 5.10 Å². The van der Waals surface area contributed by atoms with E-state index in [0.29, 0.717) is 0 Å². The summed E-state index contributed by atoms with van der Waals surface area (Å²) < 4.78 is 5.67. The van der Waals surface area contributed by atoms with Gasteiger partial charge in [-0.2, -0.15) is 5.10 Å². The van der Waals surface area contributed by atoms with E-state index in [4.69, 9.17) is 5.73 Å². The highest BCUT2D eigenvalue weighted by molar-refractivity contribution is 7.05. The number of nitrogens with two attached hydrogens (primary N) is 1. The fraction of sp³-hybridized carbons (Fsp3) is 0.444. The third-order valence-corrected chi connectivity index (χ3v) is 3.07. The van der Waals surface area contributed by atoms with Gasteiger partial charge in [0.1, 0.15) is 0 Å². The van der Waals surface area contributed by atoms with Crippen LogP contribution >= 0.6 is 11.5 Å². The van der Waals surface area contributed by atoms with Crippen LogP contribution in [-0.4, -0.2) is 19.4 Å². The quantitative estimate of drug-likeness (QED) is 0.836. The molecule has 2 heterocycles. The number of hydrogen-bond acceptors (Lipinski definition) is 5. The number of aryl methyl sites for hydroxylation is 2. The molecule has 0 saturated heterocycles. The first-order valence-corrected chi connectivity index (χ1v) is 5.46. The van der Waals surface area contributed by atoms with Gasteiger partial charge in [0.15, 0.2) is 0 Å². The smallest absolute Gasteiger partial charge is 0.0669 e. The van der Waals surface area contributed by atoms with Crippen LogP contribution in [0.5, 0.6) is 0 Å². The molecular weight excluding hydrogens is 210 g/mol. The van der Waals surface area contributed by atoms with E-state index in [-0.39, 0.29) is 6.04 Å². The molecule has 0 aromatic carbocycles. The van der Waals surface area contributed by atoms with Crippen molar-refractivity contribution in [2.75, 3.05) is 0 Å². The maximum absolute atomic E-state index is 6.04. The number of rotatable bonds is 3. The maximum Gasteiger partial charge on any atom is 0.0669 e. The molecule has 0 aliphatic heterocycles. The zero-order chi connectivity index (χ0) is 10.8. The largest absolute Gasteiger partial charge is 0.323 e. The first-order valence-electron chi connectivity index (χ1n) is 4.69. The van der Waals surface area contributed by atoms with Crippen molar-refractivity contribution in [1.29, 1.82) is 0 Å². The Labute approximate surface area is 92.1 Å². The third-order valence-electron chi connectivity index (χ3n) is 2.27. The van der Waals surface area contributed by atoms with Gasteiger partial charge in [-0.3, -0.25) is 4.68 Å². The first-order chi connectivity index (χ1) is 7.16. The van der Waals surface area contributed by atoms with Crippen molar-refractivity contribution < 1.29 is 0 Å². The van der Waals surface area contributed by atoms with Crippen LogP contribution in [0.4, 0.5) is 0 Å². The summed E-state index contributed by atoms with van der Waals surface area (Å²) in [6.45, 7) is 1.98. The molecule has 0 fully saturated rings. The molecule has 0 aliphatic carbocycles. The Morgan fingerprint density at radius 1 is 1.60 bits per heavy atom. The second-order valence-corrected chi connectivity index (χ2v) is 4.35. The summed E-state index contributed by atoms with van der Waals surface area (Å²) in [7, 11) is 1.93. The van der Waals surface area contributed by atoms with Crippen molar-refractivity contribution in [1.82, 2.24) is 19.4 Å². The van der Waals surface area contributed by atoms with Crippen LogP contribution < -0.4 is 5.73 Å². The van der Waals surface area contributed by atoms with Crippen LogP contribution in [0.25, 0.3) is 0 Å². The van der Waals surface area contributed by atoms with Gasteiger partial charge in [0.2, 0.25) is 0 Å². The van der Waals surface area contributed by atoms with Crippen LogP contribution in [0.3, 0.4) is 0 Å². The lowest BCUT2D eigenvalue weighted by atomic mass is 10.1. The molecular formula is C9H13N5S. The van der Waals surface area contributed by atoms with Crippen LogP contribution in [0.1, 0.15) is 22.3 Å². The molecule has 0 spiro atoms. The Kier molecular flexibility index (Phi) is 2.79. The summed E-state index contributed by atoms with van der Waals surface area (Å²) >= 11 is 1.35. The lowest BCUT2D eigenvalue weighted by Gasteiger charge is -2.07. The van der Waals surface area contributed by atoms with Crippen molar-refractivity contribution in [3.63, 3.8) is 0 Å². The SMILES string of the molecule is Cc1cc(CC(N)c2cnns2)n(C)n1. The van der Waals surface area contributed by atoms with E-state index in [1.165, 1.54) is 11.5 Å². The average Bonchev–Trinajstić information content (AvgIpc) is 2.76. The average molecular weight is 223 g/mol. The van der Waals surface area contributed by atoms with Crippen LogP contribution in [-0.2, 0) is 13.5 Å². The molecule has 0 aliphatic rings. The fourth-order valence-electron chi connectivity index (χ4n) is 1.52. The van der Waals surface area contributed by atoms with E-state index in [2.05, 4.69) is 14.7 Å². The molecule has 2 aromatic heterocycles. The van der Waals surface area contributed by atoms with E-state index in [1.807, 2.05) is 24.7 Å². The van der Waals surface area contributed by atoms with Crippen molar-refractivity contribution in [3.05, 3.63) is 28.5 Å². The monoisotopic (exact) mass is 223 g/mol. The number of nitrogens with zero attached hydrogens (tertiary/aromatic N) is 4. The third kappa shape index (κ3) is 2.21. The predicted octanol–water partition coefficient (Wildman–Crippen LogP) is 0.823. The van der Waals surface area contributed by atoms with Crippen LogP contribution in [0.15, 0.2) is 12.3 Å². The molecule has 2 rings (SSSR count). The molecule has 1 atom stereocenters. The molecule has 5 nitrogen and oxygen atoms in total. The Morgan fingerprint density at radius 2 is 2.40 bits per heavy atom. The van der Waals surface area contributed by atoms with Crippen LogP contribution in [0, 0.1) is 6.92 Å². The summed E-state index contributed by atoms with van der Waals surface area (Å²) in [5.41, 5.74) is 8.19. The minimum atomic E-state index is -0.0419. The normalized spacial score (nSPS) is 13.0. The van der Waals surface area contributed by atoms with E-state index >= 15 is 0 Å². The lowest BCUT2D eigenvalue weighted by Crippen LogP contribution is -2.14. The molecule has 0 saturated carbocycles. The Balaban J connectivity index is 2.12. The Morgan fingerprint density at radius 3 is 2.93 bits per heavy atom. The zero-order valence-electron chi connectivity index (χ0n) is 8.71. The van der Waals surface area contributed by atoms with Crippen LogP contribution in [0.2, 0.25) is 0 Å². The molecule has 6 heteroatoms. The Bertz CT molecular complexity index is 433. The van der Waals surface area contributed by atoms with Gasteiger partial charge in [-0.25, -0.2) is 0 Å². The van der Waals surface area contributed by atoms with E-state index in [0.717, 1.165) is 22.7 Å². The van der Waals surface area contributed by atoms with Gasteiger partial charge in [0.05, 0.1) is 16.8 Å². The highest BCUT2D eigenvalue weighted by Gasteiger charge is 2.12. The molecule has 0 radical (unpaired) electrons. The van der Waals surface area contributed by atoms with Crippen molar-refractivity contribution in [2.24, 2.45) is 12.8 Å². The minimum Gasteiger partial charge on any atom is -0.323 e. The summed E-state index contributed by atoms with van der Waals surface area (Å²) in [4.78, 5) is 1.01. The maximum atomic E-state index is 6.04. The van der Waals surface area contributed by atoms with Gasteiger partial charge < -0.3 is 5.73 Å². The molecule has 1 unspecified atom stereocenters. The molecule has 80 valence electrons. The van der Waals surface area contributed by atoms with Crippen molar-refractivity contribution >= 4 is 11.5 Å². The molecule has 2 N–H and O–H groups in total. The zero-order valence-corrected chi connectivity index (χ0v) is 9.53. The van der Waals surface area contributed by atoms with E-state index in [1.54, 1.807) is 6.20 Å². The summed E-state index contributed by atoms with van der Waals surface area (Å²) in [6, 6.07) is 2.01. The van der Waals surface area contributed by atoms with Gasteiger partial charge in [0.25, 0.3) is 0 Å². The lowest BCUT2D eigenvalue weighted by molar-refractivity contribution is 0.645. The van der Waals surface area contributed by atoms with Gasteiger partial charge in [-0.05, 0) is 24.5 Å². The topological polar surface area (TPSA) is 69.6 Å². The van der Waals surface area contributed by atoms with Gasteiger partial charge >= 0.3 is 0 Å². The predicted molar refractivity (Wildman–Crippen MR) is 58.5 cm³/mol. The summed E-state index contributed by atoms with van der Waals surface area (Å²) in [5.74, 6) is 0. The Hall–Kier alpha value is -1.27. The van der Waals surface area contributed by atoms with E-state index in [9.17, 15) is 0 Å². The summed E-state index contributed by atoms with van der Waals surface area (Å²) in [6.07, 6.45) is 2.49.